The Labute approximate surface area is 165 Å². The van der Waals surface area contributed by atoms with E-state index < -0.39 is 0 Å². The van der Waals surface area contributed by atoms with E-state index in [1.54, 1.807) is 24.3 Å². The first-order valence-electron chi connectivity index (χ1n) is 10.0. The third-order valence-corrected chi connectivity index (χ3v) is 5.48. The summed E-state index contributed by atoms with van der Waals surface area (Å²) in [5.41, 5.74) is 0.927. The molecule has 0 bridgehead atoms. The Morgan fingerprint density at radius 3 is 2.14 bits per heavy atom. The molecule has 1 heterocycles. The van der Waals surface area contributed by atoms with E-state index in [0.717, 1.165) is 12.4 Å². The third-order valence-electron chi connectivity index (χ3n) is 5.48. The highest BCUT2D eigenvalue weighted by Crippen LogP contribution is 2.26. The maximum Gasteiger partial charge on any atom is 0.261 e. The summed E-state index contributed by atoms with van der Waals surface area (Å²) >= 11 is 0. The van der Waals surface area contributed by atoms with Crippen molar-refractivity contribution in [3.63, 3.8) is 0 Å². The molecular formula is C23H25NO4. The maximum absolute atomic E-state index is 12.4. The van der Waals surface area contributed by atoms with Crippen molar-refractivity contribution in [3.05, 3.63) is 59.7 Å². The summed E-state index contributed by atoms with van der Waals surface area (Å²) in [5.74, 6) is 1.61. The Hall–Kier alpha value is -2.82. The number of carbonyl (C=O) groups is 2. The molecule has 146 valence electrons. The van der Waals surface area contributed by atoms with Gasteiger partial charge in [-0.1, -0.05) is 37.5 Å². The summed E-state index contributed by atoms with van der Waals surface area (Å²) in [6.45, 7) is 1.22. The van der Waals surface area contributed by atoms with Crippen molar-refractivity contribution in [2.75, 3.05) is 19.8 Å². The summed E-state index contributed by atoms with van der Waals surface area (Å²) in [6, 6.07) is 14.5. The third kappa shape index (κ3) is 4.03. The van der Waals surface area contributed by atoms with Gasteiger partial charge in [0.2, 0.25) is 0 Å². The van der Waals surface area contributed by atoms with Gasteiger partial charge in [0.25, 0.3) is 11.8 Å². The van der Waals surface area contributed by atoms with Crippen LogP contribution < -0.4 is 9.47 Å². The van der Waals surface area contributed by atoms with Gasteiger partial charge >= 0.3 is 0 Å². The van der Waals surface area contributed by atoms with Crippen LogP contribution in [0.25, 0.3) is 0 Å². The van der Waals surface area contributed by atoms with Crippen LogP contribution in [0.5, 0.6) is 11.5 Å². The van der Waals surface area contributed by atoms with E-state index in [9.17, 15) is 9.59 Å². The van der Waals surface area contributed by atoms with Crippen LogP contribution >= 0.6 is 0 Å². The second-order valence-electron chi connectivity index (χ2n) is 7.45. The molecule has 28 heavy (non-hydrogen) atoms. The van der Waals surface area contributed by atoms with Crippen LogP contribution in [0.1, 0.15) is 52.8 Å². The molecule has 0 aromatic heterocycles. The average Bonchev–Trinajstić information content (AvgIpc) is 2.98. The standard InChI is InChI=1S/C23H25NO4/c25-22-20-11-4-5-12-21(20)23(26)24(22)13-14-27-18-9-6-10-19(15-18)28-16-17-7-2-1-3-8-17/h4-6,9-12,15,17H,1-3,7-8,13-14,16H2. The number of rotatable bonds is 7. The highest BCUT2D eigenvalue weighted by atomic mass is 16.5. The predicted molar refractivity (Wildman–Crippen MR) is 106 cm³/mol. The molecule has 1 saturated carbocycles. The zero-order valence-corrected chi connectivity index (χ0v) is 15.9. The Morgan fingerprint density at radius 1 is 0.821 bits per heavy atom. The zero-order valence-electron chi connectivity index (χ0n) is 15.9. The molecule has 0 radical (unpaired) electrons. The summed E-state index contributed by atoms with van der Waals surface area (Å²) in [4.78, 5) is 26.0. The molecule has 5 nitrogen and oxygen atoms in total. The predicted octanol–water partition coefficient (Wildman–Crippen LogP) is 4.32. The quantitative estimate of drug-likeness (QED) is 0.672. The topological polar surface area (TPSA) is 55.8 Å². The molecular weight excluding hydrogens is 354 g/mol. The first kappa shape index (κ1) is 18.5. The summed E-state index contributed by atoms with van der Waals surface area (Å²) in [7, 11) is 0. The van der Waals surface area contributed by atoms with E-state index >= 15 is 0 Å². The van der Waals surface area contributed by atoms with Crippen LogP contribution in [0.3, 0.4) is 0 Å². The average molecular weight is 379 g/mol. The van der Waals surface area contributed by atoms with Gasteiger partial charge in [0.1, 0.15) is 18.1 Å². The molecule has 1 aliphatic carbocycles. The van der Waals surface area contributed by atoms with Gasteiger partial charge in [-0.25, -0.2) is 0 Å². The molecule has 2 aromatic carbocycles. The van der Waals surface area contributed by atoms with E-state index in [0.29, 0.717) is 22.8 Å². The van der Waals surface area contributed by atoms with Crippen LogP contribution in [-0.2, 0) is 0 Å². The van der Waals surface area contributed by atoms with E-state index in [4.69, 9.17) is 9.47 Å². The van der Waals surface area contributed by atoms with Crippen molar-refractivity contribution >= 4 is 11.8 Å². The Kier molecular flexibility index (Phi) is 5.60. The molecule has 2 aliphatic rings. The fraction of sp³-hybridized carbons (Fsp3) is 0.391. The van der Waals surface area contributed by atoms with E-state index in [-0.39, 0.29) is 25.0 Å². The number of carbonyl (C=O) groups excluding carboxylic acids is 2. The lowest BCUT2D eigenvalue weighted by Gasteiger charge is -2.21. The van der Waals surface area contributed by atoms with Crippen LogP contribution in [0, 0.1) is 5.92 Å². The molecule has 0 N–H and O–H groups in total. The number of benzene rings is 2. The lowest BCUT2D eigenvalue weighted by atomic mass is 9.90. The first-order valence-corrected chi connectivity index (χ1v) is 10.0. The molecule has 0 unspecified atom stereocenters. The lowest BCUT2D eigenvalue weighted by Crippen LogP contribution is -2.33. The highest BCUT2D eigenvalue weighted by molar-refractivity contribution is 6.21. The molecule has 1 aliphatic heterocycles. The van der Waals surface area contributed by atoms with Gasteiger partial charge in [0.05, 0.1) is 24.3 Å². The number of nitrogens with zero attached hydrogens (tertiary/aromatic N) is 1. The lowest BCUT2D eigenvalue weighted by molar-refractivity contribution is 0.0631. The minimum atomic E-state index is -0.256. The van der Waals surface area contributed by atoms with Crippen LogP contribution in [0.4, 0.5) is 0 Å². The highest BCUT2D eigenvalue weighted by Gasteiger charge is 2.34. The number of fused-ring (bicyclic) bond motifs is 1. The van der Waals surface area contributed by atoms with Gasteiger partial charge in [0.15, 0.2) is 0 Å². The number of ether oxygens (including phenoxy) is 2. The summed E-state index contributed by atoms with van der Waals surface area (Å²) < 4.78 is 11.7. The van der Waals surface area contributed by atoms with Gasteiger partial charge in [-0.3, -0.25) is 14.5 Å². The molecule has 0 atom stereocenters. The Morgan fingerprint density at radius 2 is 1.46 bits per heavy atom. The van der Waals surface area contributed by atoms with Crippen molar-refractivity contribution in [2.24, 2.45) is 5.92 Å². The molecule has 2 amide bonds. The monoisotopic (exact) mass is 379 g/mol. The van der Waals surface area contributed by atoms with E-state index in [1.807, 2.05) is 24.3 Å². The number of amides is 2. The molecule has 2 aromatic rings. The Bertz CT molecular complexity index is 822. The minimum Gasteiger partial charge on any atom is -0.493 e. The largest absolute Gasteiger partial charge is 0.493 e. The smallest absolute Gasteiger partial charge is 0.261 e. The normalized spacial score (nSPS) is 16.9. The second-order valence-corrected chi connectivity index (χ2v) is 7.45. The zero-order chi connectivity index (χ0) is 19.3. The number of hydrogen-bond acceptors (Lipinski definition) is 4. The Balaban J connectivity index is 1.28. The maximum atomic E-state index is 12.4. The van der Waals surface area contributed by atoms with Crippen molar-refractivity contribution in [1.82, 2.24) is 4.90 Å². The van der Waals surface area contributed by atoms with Crippen LogP contribution in [0.15, 0.2) is 48.5 Å². The fourth-order valence-electron chi connectivity index (χ4n) is 3.92. The van der Waals surface area contributed by atoms with Crippen LogP contribution in [-0.4, -0.2) is 36.5 Å². The van der Waals surface area contributed by atoms with Gasteiger partial charge in [-0.2, -0.15) is 0 Å². The van der Waals surface area contributed by atoms with Gasteiger partial charge in [0, 0.05) is 6.07 Å². The first-order chi connectivity index (χ1) is 13.7. The fourth-order valence-corrected chi connectivity index (χ4v) is 3.92. The minimum absolute atomic E-state index is 0.222. The van der Waals surface area contributed by atoms with Gasteiger partial charge in [-0.15, -0.1) is 0 Å². The molecule has 0 spiro atoms. The van der Waals surface area contributed by atoms with Crippen molar-refractivity contribution in [3.8, 4) is 11.5 Å². The van der Waals surface area contributed by atoms with Crippen LogP contribution in [0.2, 0.25) is 0 Å². The SMILES string of the molecule is O=C1c2ccccc2C(=O)N1CCOc1cccc(OCC2CCCCC2)c1. The summed E-state index contributed by atoms with van der Waals surface area (Å²) in [6.07, 6.45) is 6.43. The summed E-state index contributed by atoms with van der Waals surface area (Å²) in [5, 5.41) is 0. The van der Waals surface area contributed by atoms with Gasteiger partial charge < -0.3 is 9.47 Å². The molecule has 5 heteroatoms. The van der Waals surface area contributed by atoms with Crippen molar-refractivity contribution in [1.29, 1.82) is 0 Å². The number of hydrogen-bond donors (Lipinski definition) is 0. The van der Waals surface area contributed by atoms with E-state index in [2.05, 4.69) is 0 Å². The molecule has 0 saturated heterocycles. The number of imide groups is 1. The molecule has 1 fully saturated rings. The molecule has 4 rings (SSSR count). The van der Waals surface area contributed by atoms with Crippen molar-refractivity contribution < 1.29 is 19.1 Å². The van der Waals surface area contributed by atoms with E-state index in [1.165, 1.54) is 37.0 Å². The van der Waals surface area contributed by atoms with Crippen molar-refractivity contribution in [2.45, 2.75) is 32.1 Å². The van der Waals surface area contributed by atoms with Gasteiger partial charge in [-0.05, 0) is 43.0 Å². The second kappa shape index (κ2) is 8.46.